The Balaban J connectivity index is 3.11. The Hall–Kier alpha value is -2.20. The summed E-state index contributed by atoms with van der Waals surface area (Å²) in [6, 6.07) is -0.940. The van der Waals surface area contributed by atoms with Crippen LogP contribution in [0.15, 0.2) is 0 Å². The zero-order valence-corrected chi connectivity index (χ0v) is 13.9. The molecule has 10 heteroatoms. The molecule has 0 bridgehead atoms. The highest BCUT2D eigenvalue weighted by Crippen LogP contribution is 2.25. The molecule has 10 nitrogen and oxygen atoms in total. The van der Waals surface area contributed by atoms with E-state index in [0.717, 1.165) is 13.8 Å². The van der Waals surface area contributed by atoms with E-state index in [-0.39, 0.29) is 6.61 Å². The topological polar surface area (TPSA) is 143 Å². The number of hydrogen-bond donors (Lipinski definition) is 2. The fourth-order valence-electron chi connectivity index (χ4n) is 2.37. The predicted molar refractivity (Wildman–Crippen MR) is 78.2 cm³/mol. The van der Waals surface area contributed by atoms with Gasteiger partial charge in [0, 0.05) is 27.7 Å². The minimum atomic E-state index is -1.11. The third-order valence-electron chi connectivity index (χ3n) is 3.15. The summed E-state index contributed by atoms with van der Waals surface area (Å²) in [4.78, 5) is 45.2. The van der Waals surface area contributed by atoms with E-state index in [0.29, 0.717) is 0 Å². The molecule has 1 saturated heterocycles. The van der Waals surface area contributed by atoms with Crippen molar-refractivity contribution in [1.29, 1.82) is 0 Å². The summed E-state index contributed by atoms with van der Waals surface area (Å²) in [7, 11) is 0. The van der Waals surface area contributed by atoms with E-state index in [4.69, 9.17) is 24.7 Å². The van der Waals surface area contributed by atoms with Crippen LogP contribution in [0.4, 0.5) is 0 Å². The van der Waals surface area contributed by atoms with Gasteiger partial charge in [-0.05, 0) is 0 Å². The van der Waals surface area contributed by atoms with Crippen molar-refractivity contribution in [3.63, 3.8) is 0 Å². The van der Waals surface area contributed by atoms with E-state index in [1.807, 2.05) is 0 Å². The molecular formula is C14H22N2O8. The number of amides is 1. The van der Waals surface area contributed by atoms with Gasteiger partial charge in [0.15, 0.2) is 12.2 Å². The van der Waals surface area contributed by atoms with Crippen LogP contribution in [0.2, 0.25) is 0 Å². The van der Waals surface area contributed by atoms with Gasteiger partial charge in [-0.15, -0.1) is 0 Å². The molecule has 136 valence electrons. The molecule has 0 aliphatic carbocycles. The Kier molecular flexibility index (Phi) is 7.11. The first-order chi connectivity index (χ1) is 11.1. The summed E-state index contributed by atoms with van der Waals surface area (Å²) in [5.74, 6) is -2.32. The number of nitrogens with two attached hydrogens (primary N) is 1. The zero-order valence-electron chi connectivity index (χ0n) is 13.9. The van der Waals surface area contributed by atoms with Gasteiger partial charge in [-0.1, -0.05) is 0 Å². The summed E-state index contributed by atoms with van der Waals surface area (Å²) < 4.78 is 20.7. The number of carbonyl (C=O) groups excluding carboxylic acids is 4. The van der Waals surface area contributed by atoms with Crippen LogP contribution in [0.3, 0.4) is 0 Å². The van der Waals surface area contributed by atoms with Crippen molar-refractivity contribution >= 4 is 23.8 Å². The third-order valence-corrected chi connectivity index (χ3v) is 3.15. The van der Waals surface area contributed by atoms with Gasteiger partial charge in [0.2, 0.25) is 5.91 Å². The van der Waals surface area contributed by atoms with Crippen LogP contribution in [-0.2, 0) is 38.1 Å². The average molecular weight is 346 g/mol. The number of rotatable bonds is 5. The predicted octanol–water partition coefficient (Wildman–Crippen LogP) is -1.40. The molecule has 1 fully saturated rings. The molecule has 0 aromatic carbocycles. The van der Waals surface area contributed by atoms with Gasteiger partial charge in [-0.25, -0.2) is 0 Å². The molecular weight excluding hydrogens is 324 g/mol. The summed E-state index contributed by atoms with van der Waals surface area (Å²) in [6.07, 6.45) is -4.23. The molecule has 1 aliphatic rings. The van der Waals surface area contributed by atoms with Crippen LogP contribution < -0.4 is 11.1 Å². The lowest BCUT2D eigenvalue weighted by Gasteiger charge is -2.44. The van der Waals surface area contributed by atoms with Crippen LogP contribution in [0, 0.1) is 0 Å². The SMILES string of the molecule is CC(=O)N[C@@H]1[C@@H](OC(C)=O)[C@@H](OC(C)=O)[C@@H](COC(C)=O)O[C@@H]1N. The molecule has 0 aromatic heterocycles. The smallest absolute Gasteiger partial charge is 0.303 e. The van der Waals surface area contributed by atoms with Gasteiger partial charge in [0.1, 0.15) is 25.0 Å². The van der Waals surface area contributed by atoms with Crippen molar-refractivity contribution < 1.29 is 38.1 Å². The van der Waals surface area contributed by atoms with Crippen molar-refractivity contribution in [3.8, 4) is 0 Å². The maximum absolute atomic E-state index is 11.4. The minimum absolute atomic E-state index is 0.258. The largest absolute Gasteiger partial charge is 0.463 e. The normalized spacial score (nSPS) is 29.3. The number of esters is 3. The maximum atomic E-state index is 11.4. The molecule has 0 aromatic rings. The second-order valence-corrected chi connectivity index (χ2v) is 5.32. The highest BCUT2D eigenvalue weighted by molar-refractivity contribution is 5.73. The first kappa shape index (κ1) is 19.8. The van der Waals surface area contributed by atoms with Crippen LogP contribution >= 0.6 is 0 Å². The molecule has 3 N–H and O–H groups in total. The molecule has 5 atom stereocenters. The lowest BCUT2D eigenvalue weighted by molar-refractivity contribution is -0.222. The first-order valence-electron chi connectivity index (χ1n) is 7.27. The van der Waals surface area contributed by atoms with Gasteiger partial charge in [-0.2, -0.15) is 0 Å². The van der Waals surface area contributed by atoms with Crippen molar-refractivity contribution in [2.24, 2.45) is 5.73 Å². The van der Waals surface area contributed by atoms with Crippen molar-refractivity contribution in [2.75, 3.05) is 6.61 Å². The van der Waals surface area contributed by atoms with Crippen molar-refractivity contribution in [2.45, 2.75) is 58.3 Å². The standard InChI is InChI=1S/C14H22N2O8/c1-6(17)16-11-13(23-9(4)20)12(22-8(3)19)10(24-14(11)15)5-21-7(2)18/h10-14H,5,15H2,1-4H3,(H,16,17)/t10-,11-,12+,13-,14+/m1/s1. The Bertz CT molecular complexity index is 509. The van der Waals surface area contributed by atoms with Crippen molar-refractivity contribution in [1.82, 2.24) is 5.32 Å². The summed E-state index contributed by atoms with van der Waals surface area (Å²) in [5.41, 5.74) is 5.87. The number of nitrogens with one attached hydrogen (secondary N) is 1. The quantitative estimate of drug-likeness (QED) is 0.454. The van der Waals surface area contributed by atoms with E-state index in [9.17, 15) is 19.2 Å². The molecule has 0 saturated carbocycles. The summed E-state index contributed by atoms with van der Waals surface area (Å²) >= 11 is 0. The van der Waals surface area contributed by atoms with Crippen molar-refractivity contribution in [3.05, 3.63) is 0 Å². The number of carbonyl (C=O) groups is 4. The van der Waals surface area contributed by atoms with Gasteiger partial charge in [-0.3, -0.25) is 19.2 Å². The third kappa shape index (κ3) is 5.78. The van der Waals surface area contributed by atoms with E-state index in [2.05, 4.69) is 5.32 Å². The zero-order chi connectivity index (χ0) is 18.4. The van der Waals surface area contributed by atoms with Gasteiger partial charge >= 0.3 is 17.9 Å². The molecule has 24 heavy (non-hydrogen) atoms. The monoisotopic (exact) mass is 346 g/mol. The number of hydrogen-bond acceptors (Lipinski definition) is 9. The lowest BCUT2D eigenvalue weighted by atomic mass is 9.95. The molecule has 1 rings (SSSR count). The Morgan fingerprint density at radius 2 is 1.50 bits per heavy atom. The lowest BCUT2D eigenvalue weighted by Crippen LogP contribution is -2.68. The first-order valence-corrected chi connectivity index (χ1v) is 7.27. The second kappa shape index (κ2) is 8.60. The fourth-order valence-corrected chi connectivity index (χ4v) is 2.37. The minimum Gasteiger partial charge on any atom is -0.463 e. The Labute approximate surface area is 138 Å². The summed E-state index contributed by atoms with van der Waals surface area (Å²) in [6.45, 7) is 4.52. The van der Waals surface area contributed by atoms with E-state index in [1.165, 1.54) is 13.8 Å². The van der Waals surface area contributed by atoms with Crippen LogP contribution in [0.1, 0.15) is 27.7 Å². The van der Waals surface area contributed by atoms with Gasteiger partial charge < -0.3 is 30.0 Å². The summed E-state index contributed by atoms with van der Waals surface area (Å²) in [5, 5.41) is 2.51. The van der Waals surface area contributed by atoms with E-state index < -0.39 is 54.4 Å². The molecule has 1 aliphatic heterocycles. The molecule has 0 spiro atoms. The Morgan fingerprint density at radius 1 is 0.958 bits per heavy atom. The van der Waals surface area contributed by atoms with Gasteiger partial charge in [0.05, 0.1) is 0 Å². The molecule has 1 amide bonds. The number of ether oxygens (including phenoxy) is 4. The van der Waals surface area contributed by atoms with Crippen LogP contribution in [0.25, 0.3) is 0 Å². The Morgan fingerprint density at radius 3 is 1.96 bits per heavy atom. The van der Waals surface area contributed by atoms with E-state index in [1.54, 1.807) is 0 Å². The van der Waals surface area contributed by atoms with Crippen LogP contribution in [-0.4, -0.2) is 61.0 Å². The maximum Gasteiger partial charge on any atom is 0.303 e. The highest BCUT2D eigenvalue weighted by atomic mass is 16.6. The van der Waals surface area contributed by atoms with E-state index >= 15 is 0 Å². The fraction of sp³-hybridized carbons (Fsp3) is 0.714. The second-order valence-electron chi connectivity index (χ2n) is 5.32. The highest BCUT2D eigenvalue weighted by Gasteiger charge is 2.49. The molecule has 0 radical (unpaired) electrons. The van der Waals surface area contributed by atoms with Gasteiger partial charge in [0.25, 0.3) is 0 Å². The molecule has 1 heterocycles. The average Bonchev–Trinajstić information content (AvgIpc) is 2.42. The van der Waals surface area contributed by atoms with Crippen LogP contribution in [0.5, 0.6) is 0 Å². The molecule has 0 unspecified atom stereocenters.